The maximum atomic E-state index is 4.18. The summed E-state index contributed by atoms with van der Waals surface area (Å²) >= 11 is 2.61. The monoisotopic (exact) mass is 409 g/mol. The van der Waals surface area contributed by atoms with E-state index in [1.807, 2.05) is 12.4 Å². The Bertz CT molecular complexity index is 629. The second-order valence-corrected chi connectivity index (χ2v) is 7.87. The number of benzene rings is 1. The van der Waals surface area contributed by atoms with Crippen molar-refractivity contribution in [2.45, 2.75) is 36.8 Å². The summed E-state index contributed by atoms with van der Waals surface area (Å²) in [6.45, 7) is 7.03. The first-order valence-electron chi connectivity index (χ1n) is 8.12. The summed E-state index contributed by atoms with van der Waals surface area (Å²) in [7, 11) is 0. The molecular weight excluding hydrogens is 385 g/mol. The normalized spacial score (nSPS) is 23.1. The molecular formula is C18H24IN3. The zero-order valence-electron chi connectivity index (χ0n) is 13.3. The van der Waals surface area contributed by atoms with Gasteiger partial charge in [0.05, 0.1) is 10.1 Å². The Morgan fingerprint density at radius 2 is 2.18 bits per heavy atom. The van der Waals surface area contributed by atoms with Gasteiger partial charge < -0.3 is 5.32 Å². The molecule has 0 aliphatic carbocycles. The van der Waals surface area contributed by atoms with Crippen LogP contribution in [0, 0.1) is 5.92 Å². The van der Waals surface area contributed by atoms with Gasteiger partial charge in [0.15, 0.2) is 0 Å². The minimum atomic E-state index is 0.521. The second-order valence-electron chi connectivity index (χ2n) is 6.59. The number of likely N-dealkylation sites (tertiary alicyclic amines) is 1. The highest BCUT2D eigenvalue weighted by Crippen LogP contribution is 2.27. The van der Waals surface area contributed by atoms with E-state index in [-0.39, 0.29) is 0 Å². The smallest absolute Gasteiger partial charge is 0.0822 e. The van der Waals surface area contributed by atoms with Crippen molar-refractivity contribution < 1.29 is 0 Å². The molecule has 1 aromatic carbocycles. The molecule has 22 heavy (non-hydrogen) atoms. The lowest BCUT2D eigenvalue weighted by Gasteiger charge is -2.39. The molecule has 1 N–H and O–H groups in total. The zero-order valence-corrected chi connectivity index (χ0v) is 15.5. The minimum absolute atomic E-state index is 0.521. The molecule has 0 amide bonds. The molecule has 2 unspecified atom stereocenters. The van der Waals surface area contributed by atoms with E-state index < -0.39 is 0 Å². The predicted octanol–water partition coefficient (Wildman–Crippen LogP) is 4.53. The van der Waals surface area contributed by atoms with Crippen LogP contribution in [0.3, 0.4) is 0 Å². The fraction of sp³-hybridized carbons (Fsp3) is 0.500. The Kier molecular flexibility index (Phi) is 5.18. The third-order valence-electron chi connectivity index (χ3n) is 4.23. The van der Waals surface area contributed by atoms with Gasteiger partial charge in [-0.05, 0) is 48.9 Å². The molecule has 0 bridgehead atoms. The van der Waals surface area contributed by atoms with Crippen LogP contribution in [0.15, 0.2) is 36.7 Å². The summed E-state index contributed by atoms with van der Waals surface area (Å²) in [5.74, 6) is 0.726. The van der Waals surface area contributed by atoms with E-state index in [4.69, 9.17) is 0 Å². The van der Waals surface area contributed by atoms with Gasteiger partial charge in [0.2, 0.25) is 0 Å². The van der Waals surface area contributed by atoms with Crippen molar-refractivity contribution in [2.24, 2.45) is 5.92 Å². The number of rotatable bonds is 4. The molecule has 2 atom stereocenters. The number of halogens is 1. The van der Waals surface area contributed by atoms with Crippen LogP contribution in [0.1, 0.15) is 26.7 Å². The molecule has 1 aliphatic rings. The third-order valence-corrected chi connectivity index (χ3v) is 5.89. The first kappa shape index (κ1) is 16.0. The molecule has 1 saturated heterocycles. The van der Waals surface area contributed by atoms with Crippen molar-refractivity contribution in [3.05, 3.63) is 36.7 Å². The van der Waals surface area contributed by atoms with Crippen LogP contribution in [-0.2, 0) is 0 Å². The van der Waals surface area contributed by atoms with E-state index in [1.165, 1.54) is 42.4 Å². The van der Waals surface area contributed by atoms with Crippen LogP contribution in [0.2, 0.25) is 0 Å². The number of anilines is 1. The highest BCUT2D eigenvalue weighted by atomic mass is 127. The Labute approximate surface area is 146 Å². The van der Waals surface area contributed by atoms with Gasteiger partial charge in [0.25, 0.3) is 0 Å². The van der Waals surface area contributed by atoms with Crippen molar-refractivity contribution in [2.75, 3.05) is 18.4 Å². The van der Waals surface area contributed by atoms with Crippen LogP contribution >= 0.6 is 22.6 Å². The van der Waals surface area contributed by atoms with E-state index in [0.717, 1.165) is 5.92 Å². The summed E-state index contributed by atoms with van der Waals surface area (Å²) in [6, 6.07) is 9.17. The molecule has 3 nitrogen and oxygen atoms in total. The second kappa shape index (κ2) is 7.13. The highest BCUT2D eigenvalue weighted by Gasteiger charge is 2.29. The van der Waals surface area contributed by atoms with E-state index >= 15 is 0 Å². The molecule has 2 heterocycles. The Morgan fingerprint density at radius 1 is 1.32 bits per heavy atom. The largest absolute Gasteiger partial charge is 0.380 e. The molecule has 0 radical (unpaired) electrons. The van der Waals surface area contributed by atoms with Crippen molar-refractivity contribution >= 4 is 39.1 Å². The number of nitrogens with one attached hydrogen (secondary N) is 1. The minimum Gasteiger partial charge on any atom is -0.380 e. The van der Waals surface area contributed by atoms with Crippen molar-refractivity contribution in [1.82, 2.24) is 9.88 Å². The molecule has 3 rings (SSSR count). The van der Waals surface area contributed by atoms with E-state index in [2.05, 4.69) is 75.9 Å². The lowest BCUT2D eigenvalue weighted by atomic mass is 10.0. The molecule has 1 aliphatic heterocycles. The molecule has 2 aromatic rings. The SMILES string of the molecule is CC(C)CN1CCCC(Nc2ccc3cnccc3c2)C1I. The average molecular weight is 409 g/mol. The highest BCUT2D eigenvalue weighted by molar-refractivity contribution is 14.1. The molecule has 1 aromatic heterocycles. The Hall–Kier alpha value is -0.880. The number of fused-ring (bicyclic) bond motifs is 1. The van der Waals surface area contributed by atoms with Gasteiger partial charge >= 0.3 is 0 Å². The number of alkyl halides is 1. The summed E-state index contributed by atoms with van der Waals surface area (Å²) in [5.41, 5.74) is 1.22. The van der Waals surface area contributed by atoms with Gasteiger partial charge in [-0.15, -0.1) is 0 Å². The van der Waals surface area contributed by atoms with Crippen LogP contribution in [0.5, 0.6) is 0 Å². The first-order valence-corrected chi connectivity index (χ1v) is 9.36. The van der Waals surface area contributed by atoms with Gasteiger partial charge in [0, 0.05) is 30.0 Å². The van der Waals surface area contributed by atoms with E-state index in [0.29, 0.717) is 10.1 Å². The standard InChI is InChI=1S/C18H24IN3/c1-13(2)12-22-9-3-4-17(18(22)19)21-16-6-5-15-11-20-8-7-14(15)10-16/h5-8,10-11,13,17-18,21H,3-4,9,12H2,1-2H3. The van der Waals surface area contributed by atoms with Crippen LogP contribution in [0.4, 0.5) is 5.69 Å². The van der Waals surface area contributed by atoms with Crippen molar-refractivity contribution in [3.8, 4) is 0 Å². The summed E-state index contributed by atoms with van der Waals surface area (Å²) in [4.78, 5) is 6.80. The average Bonchev–Trinajstić information content (AvgIpc) is 2.51. The van der Waals surface area contributed by atoms with Gasteiger partial charge in [-0.25, -0.2) is 0 Å². The topological polar surface area (TPSA) is 28.2 Å². The van der Waals surface area contributed by atoms with Crippen molar-refractivity contribution in [3.63, 3.8) is 0 Å². The van der Waals surface area contributed by atoms with Gasteiger partial charge in [0.1, 0.15) is 0 Å². The predicted molar refractivity (Wildman–Crippen MR) is 103 cm³/mol. The van der Waals surface area contributed by atoms with E-state index in [9.17, 15) is 0 Å². The number of piperidine rings is 1. The summed E-state index contributed by atoms with van der Waals surface area (Å²) in [5, 5.41) is 6.20. The van der Waals surface area contributed by atoms with Gasteiger partial charge in [-0.3, -0.25) is 9.88 Å². The fourth-order valence-corrected chi connectivity index (χ4v) is 4.26. The van der Waals surface area contributed by atoms with Crippen LogP contribution in [-0.4, -0.2) is 33.1 Å². The van der Waals surface area contributed by atoms with Crippen LogP contribution < -0.4 is 5.32 Å². The molecule has 0 spiro atoms. The third kappa shape index (κ3) is 3.71. The van der Waals surface area contributed by atoms with Crippen molar-refractivity contribution in [1.29, 1.82) is 0 Å². The molecule has 118 valence electrons. The number of nitrogens with zero attached hydrogens (tertiary/aromatic N) is 2. The maximum absolute atomic E-state index is 4.18. The number of hydrogen-bond donors (Lipinski definition) is 1. The Morgan fingerprint density at radius 3 is 3.00 bits per heavy atom. The maximum Gasteiger partial charge on any atom is 0.0822 e. The van der Waals surface area contributed by atoms with Crippen LogP contribution in [0.25, 0.3) is 10.8 Å². The Balaban J connectivity index is 1.72. The quantitative estimate of drug-likeness (QED) is 0.457. The molecule has 4 heteroatoms. The zero-order chi connectivity index (χ0) is 15.5. The molecule has 0 saturated carbocycles. The van der Waals surface area contributed by atoms with E-state index in [1.54, 1.807) is 0 Å². The number of hydrogen-bond acceptors (Lipinski definition) is 3. The summed E-state index contributed by atoms with van der Waals surface area (Å²) < 4.78 is 0.557. The summed E-state index contributed by atoms with van der Waals surface area (Å²) in [6.07, 6.45) is 6.31. The number of aromatic nitrogens is 1. The van der Waals surface area contributed by atoms with Gasteiger partial charge in [-0.2, -0.15) is 0 Å². The van der Waals surface area contributed by atoms with Gasteiger partial charge in [-0.1, -0.05) is 42.5 Å². The lowest BCUT2D eigenvalue weighted by molar-refractivity contribution is 0.184. The first-order chi connectivity index (χ1) is 10.6. The fourth-order valence-electron chi connectivity index (χ4n) is 3.22. The number of pyridine rings is 1. The molecule has 1 fully saturated rings. The lowest BCUT2D eigenvalue weighted by Crippen LogP contribution is -2.48.